The number of hydrogen-bond donors (Lipinski definition) is 0. The van der Waals surface area contributed by atoms with Crippen LogP contribution in [0.15, 0.2) is 48.8 Å². The highest BCUT2D eigenvalue weighted by Crippen LogP contribution is 2.16. The molecular weight excluding hydrogens is 308 g/mol. The van der Waals surface area contributed by atoms with E-state index in [1.54, 1.807) is 29.8 Å². The maximum Gasteiger partial charge on any atom is 0.274 e. The van der Waals surface area contributed by atoms with Gasteiger partial charge in [0.05, 0.1) is 4.92 Å². The number of nitro groups is 1. The average Bonchev–Trinajstić information content (AvgIpc) is 2.97. The highest BCUT2D eigenvalue weighted by atomic mass is 16.6. The minimum atomic E-state index is -0.449. The molecule has 3 rings (SSSR count). The minimum Gasteiger partial charge on any atom is -0.336 e. The van der Waals surface area contributed by atoms with Crippen LogP contribution in [0.4, 0.5) is 5.69 Å². The van der Waals surface area contributed by atoms with E-state index in [4.69, 9.17) is 0 Å². The number of benzene rings is 1. The van der Waals surface area contributed by atoms with Gasteiger partial charge in [0.15, 0.2) is 0 Å². The van der Waals surface area contributed by atoms with Crippen LogP contribution in [-0.2, 0) is 6.54 Å². The van der Waals surface area contributed by atoms with Gasteiger partial charge in [-0.25, -0.2) is 4.98 Å². The van der Waals surface area contributed by atoms with Gasteiger partial charge in [0, 0.05) is 38.1 Å². The maximum atomic E-state index is 12.5. The summed E-state index contributed by atoms with van der Waals surface area (Å²) in [5, 5.41) is 10.8. The Morgan fingerprint density at radius 2 is 2.12 bits per heavy atom. The van der Waals surface area contributed by atoms with Crippen LogP contribution in [0.2, 0.25) is 0 Å². The number of carbonyl (C=O) groups excluding carboxylic acids is 1. The second kappa shape index (κ2) is 6.11. The van der Waals surface area contributed by atoms with E-state index >= 15 is 0 Å². The molecule has 0 fully saturated rings. The summed E-state index contributed by atoms with van der Waals surface area (Å²) >= 11 is 0. The van der Waals surface area contributed by atoms with Gasteiger partial charge in [-0.3, -0.25) is 14.9 Å². The van der Waals surface area contributed by atoms with Gasteiger partial charge in [-0.1, -0.05) is 12.1 Å². The number of non-ortho nitro benzene ring substituents is 1. The lowest BCUT2D eigenvalue weighted by Crippen LogP contribution is -2.26. The Kier molecular flexibility index (Phi) is 3.99. The third-order valence-corrected chi connectivity index (χ3v) is 3.72. The molecule has 0 spiro atoms. The van der Waals surface area contributed by atoms with Crippen molar-refractivity contribution >= 4 is 17.2 Å². The summed E-state index contributed by atoms with van der Waals surface area (Å²) in [6, 6.07) is 10.1. The number of hydrogen-bond acceptors (Lipinski definition) is 4. The van der Waals surface area contributed by atoms with E-state index in [0.717, 1.165) is 5.56 Å². The smallest absolute Gasteiger partial charge is 0.274 e. The molecule has 0 aliphatic carbocycles. The number of carbonyl (C=O) groups is 1. The van der Waals surface area contributed by atoms with Crippen molar-refractivity contribution in [2.45, 2.75) is 13.5 Å². The van der Waals surface area contributed by atoms with Crippen LogP contribution >= 0.6 is 0 Å². The van der Waals surface area contributed by atoms with E-state index in [0.29, 0.717) is 16.9 Å². The molecule has 0 bridgehead atoms. The molecule has 2 aromatic heterocycles. The highest BCUT2D eigenvalue weighted by molar-refractivity contribution is 5.92. The fourth-order valence-electron chi connectivity index (χ4n) is 2.50. The molecule has 3 aromatic rings. The lowest BCUT2D eigenvalue weighted by Gasteiger charge is -2.15. The van der Waals surface area contributed by atoms with Crippen LogP contribution in [0.25, 0.3) is 5.65 Å². The molecule has 7 heteroatoms. The molecule has 0 N–H and O–H groups in total. The molecule has 0 saturated carbocycles. The number of aromatic nitrogens is 2. The molecular formula is C17H16N4O3. The third kappa shape index (κ3) is 3.10. The molecule has 0 aliphatic heterocycles. The minimum absolute atomic E-state index is 0.0107. The number of nitro benzene ring substituents is 1. The van der Waals surface area contributed by atoms with Crippen LogP contribution in [0.3, 0.4) is 0 Å². The number of imidazole rings is 1. The summed E-state index contributed by atoms with van der Waals surface area (Å²) in [6.45, 7) is 2.23. The topological polar surface area (TPSA) is 80.8 Å². The Morgan fingerprint density at radius 3 is 2.88 bits per heavy atom. The van der Waals surface area contributed by atoms with Gasteiger partial charge >= 0.3 is 0 Å². The summed E-state index contributed by atoms with van der Waals surface area (Å²) in [5.41, 5.74) is 2.82. The quantitative estimate of drug-likeness (QED) is 0.546. The molecule has 2 heterocycles. The molecule has 1 aromatic carbocycles. The molecule has 122 valence electrons. The van der Waals surface area contributed by atoms with Crippen LogP contribution in [0, 0.1) is 17.0 Å². The summed E-state index contributed by atoms with van der Waals surface area (Å²) < 4.78 is 1.79. The van der Waals surface area contributed by atoms with Crippen LogP contribution in [-0.4, -0.2) is 32.2 Å². The Morgan fingerprint density at radius 1 is 1.33 bits per heavy atom. The monoisotopic (exact) mass is 324 g/mol. The number of aryl methyl sites for hydroxylation is 1. The number of pyridine rings is 1. The van der Waals surface area contributed by atoms with Crippen molar-refractivity contribution in [2.75, 3.05) is 7.05 Å². The van der Waals surface area contributed by atoms with Crippen LogP contribution in [0.1, 0.15) is 21.6 Å². The lowest BCUT2D eigenvalue weighted by atomic mass is 10.2. The molecule has 0 saturated heterocycles. The van der Waals surface area contributed by atoms with Crippen molar-refractivity contribution in [3.63, 3.8) is 0 Å². The van der Waals surface area contributed by atoms with Crippen molar-refractivity contribution in [3.05, 3.63) is 75.7 Å². The first kappa shape index (κ1) is 15.7. The zero-order valence-corrected chi connectivity index (χ0v) is 13.3. The Labute approximate surface area is 138 Å². The predicted octanol–water partition coefficient (Wildman–Crippen LogP) is 2.82. The lowest BCUT2D eigenvalue weighted by molar-refractivity contribution is -0.384. The molecule has 0 radical (unpaired) electrons. The fourth-order valence-corrected chi connectivity index (χ4v) is 2.50. The van der Waals surface area contributed by atoms with E-state index in [2.05, 4.69) is 4.98 Å². The first-order valence-electron chi connectivity index (χ1n) is 7.38. The Hall–Kier alpha value is -3.22. The van der Waals surface area contributed by atoms with E-state index < -0.39 is 4.92 Å². The number of amides is 1. The van der Waals surface area contributed by atoms with Crippen molar-refractivity contribution in [1.29, 1.82) is 0 Å². The second-order valence-corrected chi connectivity index (χ2v) is 5.68. The molecule has 1 amide bonds. The summed E-state index contributed by atoms with van der Waals surface area (Å²) in [6.07, 6.45) is 3.54. The first-order chi connectivity index (χ1) is 11.4. The molecule has 0 unspecified atom stereocenters. The molecule has 7 nitrogen and oxygen atoms in total. The Bertz CT molecular complexity index is 932. The van der Waals surface area contributed by atoms with Crippen LogP contribution < -0.4 is 0 Å². The van der Waals surface area contributed by atoms with Crippen molar-refractivity contribution < 1.29 is 9.72 Å². The number of nitrogens with zero attached hydrogens (tertiary/aromatic N) is 4. The van der Waals surface area contributed by atoms with Gasteiger partial charge in [0.2, 0.25) is 0 Å². The summed E-state index contributed by atoms with van der Waals surface area (Å²) in [5.74, 6) is -0.233. The van der Waals surface area contributed by atoms with Gasteiger partial charge in [-0.15, -0.1) is 0 Å². The predicted molar refractivity (Wildman–Crippen MR) is 88.8 cm³/mol. The SMILES string of the molecule is Cc1ccn2cc(C(=O)N(C)Cc3cccc([N+](=O)[O-])c3)nc2c1. The third-order valence-electron chi connectivity index (χ3n) is 3.72. The first-order valence-corrected chi connectivity index (χ1v) is 7.38. The van der Waals surface area contributed by atoms with Gasteiger partial charge in [-0.05, 0) is 30.2 Å². The van der Waals surface area contributed by atoms with Crippen molar-refractivity contribution in [1.82, 2.24) is 14.3 Å². The zero-order valence-electron chi connectivity index (χ0n) is 13.3. The van der Waals surface area contributed by atoms with E-state index in [-0.39, 0.29) is 18.1 Å². The van der Waals surface area contributed by atoms with E-state index in [1.807, 2.05) is 25.3 Å². The van der Waals surface area contributed by atoms with Crippen molar-refractivity contribution in [3.8, 4) is 0 Å². The van der Waals surface area contributed by atoms with Crippen LogP contribution in [0.5, 0.6) is 0 Å². The normalized spacial score (nSPS) is 10.8. The largest absolute Gasteiger partial charge is 0.336 e. The molecule has 0 atom stereocenters. The van der Waals surface area contributed by atoms with E-state index in [9.17, 15) is 14.9 Å². The summed E-state index contributed by atoms with van der Waals surface area (Å²) in [4.78, 5) is 28.8. The van der Waals surface area contributed by atoms with E-state index in [1.165, 1.54) is 17.0 Å². The summed E-state index contributed by atoms with van der Waals surface area (Å²) in [7, 11) is 1.65. The number of fused-ring (bicyclic) bond motifs is 1. The highest BCUT2D eigenvalue weighted by Gasteiger charge is 2.17. The van der Waals surface area contributed by atoms with Gasteiger partial charge < -0.3 is 9.30 Å². The Balaban J connectivity index is 1.80. The maximum absolute atomic E-state index is 12.5. The second-order valence-electron chi connectivity index (χ2n) is 5.68. The van der Waals surface area contributed by atoms with Gasteiger partial charge in [0.25, 0.3) is 11.6 Å². The fraction of sp³-hybridized carbons (Fsp3) is 0.176. The molecule has 0 aliphatic rings. The number of rotatable bonds is 4. The molecule has 24 heavy (non-hydrogen) atoms. The van der Waals surface area contributed by atoms with Gasteiger partial charge in [-0.2, -0.15) is 0 Å². The van der Waals surface area contributed by atoms with Crippen molar-refractivity contribution in [2.24, 2.45) is 0 Å². The standard InChI is InChI=1S/C17H16N4O3/c1-12-6-7-20-11-15(18-16(20)8-12)17(22)19(2)10-13-4-3-5-14(9-13)21(23)24/h3-9,11H,10H2,1-2H3. The average molecular weight is 324 g/mol. The zero-order chi connectivity index (χ0) is 17.3. The van der Waals surface area contributed by atoms with Gasteiger partial charge in [0.1, 0.15) is 11.3 Å².